The van der Waals surface area contributed by atoms with Gasteiger partial charge >= 0.3 is 12.2 Å². The Morgan fingerprint density at radius 3 is 2.71 bits per heavy atom. The topological polar surface area (TPSA) is 53.2 Å². The lowest BCUT2D eigenvalue weighted by Gasteiger charge is -2.23. The first kappa shape index (κ1) is 18.5. The Labute approximate surface area is 138 Å². The summed E-state index contributed by atoms with van der Waals surface area (Å²) >= 11 is 0. The first-order chi connectivity index (χ1) is 11.4. The highest BCUT2D eigenvalue weighted by Gasteiger charge is 2.34. The second-order valence-corrected chi connectivity index (χ2v) is 5.82. The van der Waals surface area contributed by atoms with Crippen molar-refractivity contribution in [3.63, 3.8) is 0 Å². The highest BCUT2D eigenvalue weighted by Crippen LogP contribution is 2.32. The third-order valence-corrected chi connectivity index (χ3v) is 4.01. The number of piperidine rings is 1. The second kappa shape index (κ2) is 8.32. The van der Waals surface area contributed by atoms with Crippen LogP contribution in [0.15, 0.2) is 18.2 Å². The van der Waals surface area contributed by atoms with Crippen LogP contribution >= 0.6 is 0 Å². The molecule has 1 aromatic rings. The van der Waals surface area contributed by atoms with E-state index >= 15 is 0 Å². The van der Waals surface area contributed by atoms with E-state index in [0.29, 0.717) is 18.7 Å². The molecule has 134 valence electrons. The summed E-state index contributed by atoms with van der Waals surface area (Å²) in [5.74, 6) is -1.35. The third kappa shape index (κ3) is 5.36. The van der Waals surface area contributed by atoms with E-state index in [0.717, 1.165) is 31.9 Å². The quantitative estimate of drug-likeness (QED) is 0.717. The minimum absolute atomic E-state index is 0.200. The SMILES string of the molecule is O=C(NCC[C@@H]1CCCCN1)NCc1cccc(C(F)(F)F)c1F. The molecule has 0 aliphatic carbocycles. The first-order valence-corrected chi connectivity index (χ1v) is 7.97. The van der Waals surface area contributed by atoms with Crippen molar-refractivity contribution in [2.45, 2.75) is 44.4 Å². The lowest BCUT2D eigenvalue weighted by atomic mass is 10.0. The summed E-state index contributed by atoms with van der Waals surface area (Å²) in [6.45, 7) is 1.13. The molecule has 1 heterocycles. The van der Waals surface area contributed by atoms with Crippen LogP contribution in [-0.4, -0.2) is 25.2 Å². The van der Waals surface area contributed by atoms with E-state index in [1.807, 2.05) is 0 Å². The van der Waals surface area contributed by atoms with Crippen LogP contribution < -0.4 is 16.0 Å². The lowest BCUT2D eigenvalue weighted by Crippen LogP contribution is -2.40. The largest absolute Gasteiger partial charge is 0.419 e. The number of carbonyl (C=O) groups excluding carboxylic acids is 1. The van der Waals surface area contributed by atoms with Crippen LogP contribution in [0.25, 0.3) is 0 Å². The molecule has 0 spiro atoms. The molecule has 1 atom stereocenters. The minimum atomic E-state index is -4.75. The maximum Gasteiger partial charge on any atom is 0.419 e. The normalized spacial score (nSPS) is 18.2. The molecule has 1 aliphatic heterocycles. The minimum Gasteiger partial charge on any atom is -0.338 e. The number of hydrogen-bond donors (Lipinski definition) is 3. The highest BCUT2D eigenvalue weighted by atomic mass is 19.4. The van der Waals surface area contributed by atoms with E-state index in [1.165, 1.54) is 12.5 Å². The summed E-state index contributed by atoms with van der Waals surface area (Å²) in [7, 11) is 0. The Morgan fingerprint density at radius 1 is 1.25 bits per heavy atom. The first-order valence-electron chi connectivity index (χ1n) is 7.97. The Morgan fingerprint density at radius 2 is 2.04 bits per heavy atom. The van der Waals surface area contributed by atoms with E-state index in [-0.39, 0.29) is 12.1 Å². The predicted octanol–water partition coefficient (Wildman–Crippen LogP) is 3.18. The summed E-state index contributed by atoms with van der Waals surface area (Å²) in [5.41, 5.74) is -1.53. The van der Waals surface area contributed by atoms with Gasteiger partial charge in [-0.15, -0.1) is 0 Å². The van der Waals surface area contributed by atoms with Crippen molar-refractivity contribution in [3.8, 4) is 0 Å². The van der Waals surface area contributed by atoms with Gasteiger partial charge in [0.05, 0.1) is 5.56 Å². The second-order valence-electron chi connectivity index (χ2n) is 5.82. The van der Waals surface area contributed by atoms with Crippen molar-refractivity contribution in [2.24, 2.45) is 0 Å². The molecule has 3 N–H and O–H groups in total. The van der Waals surface area contributed by atoms with Crippen molar-refractivity contribution >= 4 is 6.03 Å². The average Bonchev–Trinajstić information content (AvgIpc) is 2.54. The molecule has 1 fully saturated rings. The van der Waals surface area contributed by atoms with Crippen molar-refractivity contribution in [3.05, 3.63) is 35.1 Å². The van der Waals surface area contributed by atoms with Crippen molar-refractivity contribution in [2.75, 3.05) is 13.1 Å². The van der Waals surface area contributed by atoms with E-state index in [1.54, 1.807) is 0 Å². The number of nitrogens with one attached hydrogen (secondary N) is 3. The fraction of sp³-hybridized carbons (Fsp3) is 0.562. The van der Waals surface area contributed by atoms with Crippen molar-refractivity contribution in [1.29, 1.82) is 0 Å². The molecule has 24 heavy (non-hydrogen) atoms. The molecule has 1 aliphatic rings. The molecule has 0 unspecified atom stereocenters. The predicted molar refractivity (Wildman–Crippen MR) is 81.9 cm³/mol. The summed E-state index contributed by atoms with van der Waals surface area (Å²) in [6, 6.07) is 2.87. The number of hydrogen-bond acceptors (Lipinski definition) is 2. The van der Waals surface area contributed by atoms with Gasteiger partial charge in [-0.25, -0.2) is 9.18 Å². The molecule has 1 saturated heterocycles. The molecule has 0 bridgehead atoms. The fourth-order valence-corrected chi connectivity index (χ4v) is 2.70. The van der Waals surface area contributed by atoms with E-state index in [2.05, 4.69) is 16.0 Å². The number of carbonyl (C=O) groups is 1. The van der Waals surface area contributed by atoms with Crippen LogP contribution in [0.4, 0.5) is 22.4 Å². The van der Waals surface area contributed by atoms with Crippen LogP contribution in [0, 0.1) is 5.82 Å². The van der Waals surface area contributed by atoms with Crippen molar-refractivity contribution in [1.82, 2.24) is 16.0 Å². The van der Waals surface area contributed by atoms with Crippen LogP contribution in [-0.2, 0) is 12.7 Å². The lowest BCUT2D eigenvalue weighted by molar-refractivity contribution is -0.140. The number of rotatable bonds is 5. The molecule has 2 rings (SSSR count). The van der Waals surface area contributed by atoms with Gasteiger partial charge in [0.2, 0.25) is 0 Å². The average molecular weight is 347 g/mol. The van der Waals surface area contributed by atoms with Gasteiger partial charge in [0.25, 0.3) is 0 Å². The zero-order valence-electron chi connectivity index (χ0n) is 13.2. The van der Waals surface area contributed by atoms with Gasteiger partial charge in [0.15, 0.2) is 0 Å². The van der Waals surface area contributed by atoms with E-state index in [9.17, 15) is 22.4 Å². The molecule has 0 aromatic heterocycles. The fourth-order valence-electron chi connectivity index (χ4n) is 2.70. The van der Waals surface area contributed by atoms with Gasteiger partial charge in [-0.1, -0.05) is 18.6 Å². The third-order valence-electron chi connectivity index (χ3n) is 4.01. The number of benzene rings is 1. The molecular formula is C16H21F4N3O. The summed E-state index contributed by atoms with van der Waals surface area (Å²) in [5, 5.41) is 8.36. The maximum atomic E-state index is 13.8. The molecular weight excluding hydrogens is 326 g/mol. The van der Waals surface area contributed by atoms with Gasteiger partial charge in [0.1, 0.15) is 5.82 Å². The Bertz CT molecular complexity index is 557. The Kier molecular flexibility index (Phi) is 6.42. The van der Waals surface area contributed by atoms with Crippen LogP contribution in [0.5, 0.6) is 0 Å². The summed E-state index contributed by atoms with van der Waals surface area (Å²) < 4.78 is 51.7. The Balaban J connectivity index is 1.77. The van der Waals surface area contributed by atoms with E-state index in [4.69, 9.17) is 0 Å². The number of urea groups is 1. The molecule has 0 radical (unpaired) electrons. The highest BCUT2D eigenvalue weighted by molar-refractivity contribution is 5.73. The van der Waals surface area contributed by atoms with Crippen LogP contribution in [0.2, 0.25) is 0 Å². The van der Waals surface area contributed by atoms with Gasteiger partial charge < -0.3 is 16.0 Å². The molecule has 2 amide bonds. The summed E-state index contributed by atoms with van der Waals surface area (Å²) in [4.78, 5) is 11.7. The zero-order chi connectivity index (χ0) is 17.6. The molecule has 4 nitrogen and oxygen atoms in total. The standard InChI is InChI=1S/C16H21F4N3O/c17-14-11(4-3-6-13(14)16(18,19)20)10-23-15(24)22-9-7-12-5-1-2-8-21-12/h3-4,6,12,21H,1-2,5,7-10H2,(H2,22,23,24)/t12-/m0/s1. The van der Waals surface area contributed by atoms with E-state index < -0.39 is 23.6 Å². The zero-order valence-corrected chi connectivity index (χ0v) is 13.2. The van der Waals surface area contributed by atoms with Gasteiger partial charge in [-0.05, 0) is 31.9 Å². The van der Waals surface area contributed by atoms with Crippen LogP contribution in [0.1, 0.15) is 36.8 Å². The molecule has 0 saturated carbocycles. The monoisotopic (exact) mass is 347 g/mol. The number of amides is 2. The van der Waals surface area contributed by atoms with Crippen LogP contribution in [0.3, 0.4) is 0 Å². The smallest absolute Gasteiger partial charge is 0.338 e. The maximum absolute atomic E-state index is 13.8. The molecule has 1 aromatic carbocycles. The number of halogens is 4. The van der Waals surface area contributed by atoms with Crippen molar-refractivity contribution < 1.29 is 22.4 Å². The Hall–Kier alpha value is -1.83. The molecule has 8 heteroatoms. The summed E-state index contributed by atoms with van der Waals surface area (Å²) in [6.07, 6.45) is -0.578. The van der Waals surface area contributed by atoms with Gasteiger partial charge in [0, 0.05) is 24.7 Å². The van der Waals surface area contributed by atoms with Gasteiger partial charge in [-0.3, -0.25) is 0 Å². The number of alkyl halides is 3. The van der Waals surface area contributed by atoms with Gasteiger partial charge in [-0.2, -0.15) is 13.2 Å².